The molecule has 0 aliphatic heterocycles. The second kappa shape index (κ2) is 3.22. The molecule has 2 nitrogen and oxygen atoms in total. The summed E-state index contributed by atoms with van der Waals surface area (Å²) in [7, 11) is 0. The van der Waals surface area contributed by atoms with Gasteiger partial charge in [0.2, 0.25) is 0 Å². The number of hydrogen-bond donors (Lipinski definition) is 0. The zero-order valence-corrected chi connectivity index (χ0v) is 7.46. The molecule has 3 heteroatoms. The number of ketones is 1. The first-order valence-electron chi connectivity index (χ1n) is 4.47. The minimum atomic E-state index is -0.612. The quantitative estimate of drug-likeness (QED) is 0.669. The van der Waals surface area contributed by atoms with Crippen molar-refractivity contribution in [3.8, 4) is 6.07 Å². The van der Waals surface area contributed by atoms with Gasteiger partial charge in [-0.1, -0.05) is 6.07 Å². The van der Waals surface area contributed by atoms with Crippen LogP contribution in [0.25, 0.3) is 0 Å². The highest BCUT2D eigenvalue weighted by Gasteiger charge is 2.32. The molecule has 1 aliphatic rings. The van der Waals surface area contributed by atoms with Crippen molar-refractivity contribution < 1.29 is 9.18 Å². The van der Waals surface area contributed by atoms with Gasteiger partial charge in [-0.05, 0) is 25.0 Å². The van der Waals surface area contributed by atoms with Gasteiger partial charge in [0.15, 0.2) is 5.78 Å². The van der Waals surface area contributed by atoms with Crippen molar-refractivity contribution in [1.82, 2.24) is 0 Å². The number of nitriles is 1. The Hall–Kier alpha value is -1.69. The third kappa shape index (κ3) is 1.39. The normalized spacial score (nSPS) is 14.9. The van der Waals surface area contributed by atoms with Gasteiger partial charge < -0.3 is 0 Å². The molecule has 14 heavy (non-hydrogen) atoms. The van der Waals surface area contributed by atoms with Crippen LogP contribution in [0.15, 0.2) is 18.2 Å². The molecule has 1 aromatic rings. The smallest absolute Gasteiger partial charge is 0.167 e. The highest BCUT2D eigenvalue weighted by atomic mass is 19.1. The summed E-state index contributed by atoms with van der Waals surface area (Å²) in [5.41, 5.74) is 0.111. The molecule has 0 amide bonds. The van der Waals surface area contributed by atoms with E-state index in [0.717, 1.165) is 12.8 Å². The predicted octanol–water partition coefficient (Wildman–Crippen LogP) is 2.29. The first-order valence-corrected chi connectivity index (χ1v) is 4.47. The van der Waals surface area contributed by atoms with Crippen LogP contribution in [-0.2, 0) is 0 Å². The molecule has 1 saturated carbocycles. The lowest BCUT2D eigenvalue weighted by atomic mass is 10.0. The predicted molar refractivity (Wildman–Crippen MR) is 48.2 cm³/mol. The van der Waals surface area contributed by atoms with Crippen LogP contribution in [0.3, 0.4) is 0 Å². The number of halogens is 1. The number of carbonyl (C=O) groups is 1. The fourth-order valence-corrected chi connectivity index (χ4v) is 1.41. The average Bonchev–Trinajstić information content (AvgIpc) is 2.99. The lowest BCUT2D eigenvalue weighted by Gasteiger charge is -2.01. The van der Waals surface area contributed by atoms with Crippen LogP contribution in [-0.4, -0.2) is 5.78 Å². The van der Waals surface area contributed by atoms with Crippen molar-refractivity contribution in [3.63, 3.8) is 0 Å². The molecule has 1 fully saturated rings. The second-order valence-corrected chi connectivity index (χ2v) is 3.41. The number of nitrogens with zero attached hydrogens (tertiary/aromatic N) is 1. The summed E-state index contributed by atoms with van der Waals surface area (Å²) in [5.74, 6) is -0.691. The second-order valence-electron chi connectivity index (χ2n) is 3.41. The number of benzene rings is 1. The average molecular weight is 189 g/mol. The summed E-state index contributed by atoms with van der Waals surface area (Å²) < 4.78 is 13.1. The Morgan fingerprint density at radius 3 is 2.79 bits per heavy atom. The molecule has 1 aromatic carbocycles. The van der Waals surface area contributed by atoms with E-state index in [1.54, 1.807) is 6.07 Å². The van der Waals surface area contributed by atoms with Gasteiger partial charge in [0.25, 0.3) is 0 Å². The van der Waals surface area contributed by atoms with Crippen molar-refractivity contribution in [2.45, 2.75) is 12.8 Å². The van der Waals surface area contributed by atoms with Gasteiger partial charge in [-0.3, -0.25) is 4.79 Å². The van der Waals surface area contributed by atoms with Crippen molar-refractivity contribution in [3.05, 3.63) is 35.1 Å². The van der Waals surface area contributed by atoms with Gasteiger partial charge in [0.05, 0.1) is 5.56 Å². The molecule has 1 aliphatic carbocycles. The summed E-state index contributed by atoms with van der Waals surface area (Å²) in [5, 5.41) is 8.71. The molecule has 70 valence electrons. The van der Waals surface area contributed by atoms with E-state index in [-0.39, 0.29) is 22.8 Å². The topological polar surface area (TPSA) is 40.9 Å². The Morgan fingerprint density at radius 1 is 1.50 bits per heavy atom. The number of carbonyl (C=O) groups excluding carboxylic acids is 1. The van der Waals surface area contributed by atoms with E-state index in [0.29, 0.717) is 0 Å². The first-order chi connectivity index (χ1) is 6.74. The van der Waals surface area contributed by atoms with E-state index < -0.39 is 5.82 Å². The minimum Gasteiger partial charge on any atom is -0.294 e. The molecule has 0 heterocycles. The third-order valence-electron chi connectivity index (χ3n) is 2.34. The van der Waals surface area contributed by atoms with Crippen LogP contribution in [0, 0.1) is 23.1 Å². The van der Waals surface area contributed by atoms with Gasteiger partial charge in [-0.25, -0.2) is 4.39 Å². The van der Waals surface area contributed by atoms with E-state index in [1.807, 2.05) is 0 Å². The van der Waals surface area contributed by atoms with Crippen LogP contribution >= 0.6 is 0 Å². The van der Waals surface area contributed by atoms with E-state index in [2.05, 4.69) is 0 Å². The molecule has 0 radical (unpaired) electrons. The van der Waals surface area contributed by atoms with E-state index in [1.165, 1.54) is 18.2 Å². The Bertz CT molecular complexity index is 429. The van der Waals surface area contributed by atoms with Crippen molar-refractivity contribution in [1.29, 1.82) is 5.26 Å². The van der Waals surface area contributed by atoms with Crippen LogP contribution in [0.5, 0.6) is 0 Å². The molecule has 0 bridgehead atoms. The Labute approximate surface area is 81.0 Å². The van der Waals surface area contributed by atoms with Crippen LogP contribution in [0.1, 0.15) is 28.8 Å². The molecular formula is C11H8FNO. The summed E-state index contributed by atoms with van der Waals surface area (Å²) in [6.07, 6.45) is 1.72. The first kappa shape index (κ1) is 8.89. The van der Waals surface area contributed by atoms with Gasteiger partial charge in [0, 0.05) is 11.5 Å². The minimum absolute atomic E-state index is 0.0175. The zero-order valence-electron chi connectivity index (χ0n) is 7.46. The third-order valence-corrected chi connectivity index (χ3v) is 2.34. The molecule has 0 spiro atoms. The Balaban J connectivity index is 2.47. The van der Waals surface area contributed by atoms with Crippen LogP contribution in [0.2, 0.25) is 0 Å². The van der Waals surface area contributed by atoms with Gasteiger partial charge in [-0.15, -0.1) is 0 Å². The van der Waals surface area contributed by atoms with Gasteiger partial charge >= 0.3 is 0 Å². The SMILES string of the molecule is N#Cc1c(F)cccc1C(=O)C1CC1. The van der Waals surface area contributed by atoms with Crippen molar-refractivity contribution in [2.75, 3.05) is 0 Å². The fraction of sp³-hybridized carbons (Fsp3) is 0.273. The monoisotopic (exact) mass is 189 g/mol. The van der Waals surface area contributed by atoms with Gasteiger partial charge in [0.1, 0.15) is 11.9 Å². The standard InChI is InChI=1S/C11H8FNO/c12-10-3-1-2-8(9(10)6-13)11(14)7-4-5-7/h1-3,7H,4-5H2. The number of hydrogen-bond acceptors (Lipinski definition) is 2. The van der Waals surface area contributed by atoms with Crippen molar-refractivity contribution >= 4 is 5.78 Å². The van der Waals surface area contributed by atoms with E-state index >= 15 is 0 Å². The fourth-order valence-electron chi connectivity index (χ4n) is 1.41. The summed E-state index contributed by atoms with van der Waals surface area (Å²) in [6.45, 7) is 0. The maximum Gasteiger partial charge on any atom is 0.167 e. The summed E-state index contributed by atoms with van der Waals surface area (Å²) >= 11 is 0. The van der Waals surface area contributed by atoms with E-state index in [9.17, 15) is 9.18 Å². The van der Waals surface area contributed by atoms with Gasteiger partial charge in [-0.2, -0.15) is 5.26 Å². The largest absolute Gasteiger partial charge is 0.294 e. The number of rotatable bonds is 2. The highest BCUT2D eigenvalue weighted by Crippen LogP contribution is 2.33. The maximum absolute atomic E-state index is 13.1. The lowest BCUT2D eigenvalue weighted by Crippen LogP contribution is -2.05. The maximum atomic E-state index is 13.1. The molecule has 0 aromatic heterocycles. The van der Waals surface area contributed by atoms with Crippen LogP contribution < -0.4 is 0 Å². The van der Waals surface area contributed by atoms with E-state index in [4.69, 9.17) is 5.26 Å². The molecule has 0 N–H and O–H groups in total. The summed E-state index contributed by atoms with van der Waals surface area (Å²) in [6, 6.07) is 5.91. The Kier molecular flexibility index (Phi) is 2.05. The zero-order chi connectivity index (χ0) is 10.1. The van der Waals surface area contributed by atoms with Crippen LogP contribution in [0.4, 0.5) is 4.39 Å². The molecule has 2 rings (SSSR count). The van der Waals surface area contributed by atoms with Crippen molar-refractivity contribution in [2.24, 2.45) is 5.92 Å². The molecule has 0 atom stereocenters. The number of Topliss-reactive ketones (excluding diaryl/α,β-unsaturated/α-hetero) is 1. The molecule has 0 unspecified atom stereocenters. The molecule has 0 saturated heterocycles. The highest BCUT2D eigenvalue weighted by molar-refractivity contribution is 6.01. The Morgan fingerprint density at radius 2 is 2.21 bits per heavy atom. The lowest BCUT2D eigenvalue weighted by molar-refractivity contribution is 0.0967. The summed E-state index contributed by atoms with van der Waals surface area (Å²) in [4.78, 5) is 11.6. The molecular weight excluding hydrogens is 181 g/mol.